The SMILES string of the molecule is C=CCS(=O)(=O)C(CC(Cc1cc(OC)c(C)c(C)c1OC)(C(=O)OC)C(=O)OC(C)C)C(=O)OCC. The van der Waals surface area contributed by atoms with Crippen LogP contribution in [-0.4, -0.2) is 71.4 Å². The number of ether oxygens (including phenoxy) is 5. The van der Waals surface area contributed by atoms with Gasteiger partial charge in [0.15, 0.2) is 20.5 Å². The van der Waals surface area contributed by atoms with Gasteiger partial charge in [0.25, 0.3) is 0 Å². The van der Waals surface area contributed by atoms with Gasteiger partial charge in [-0.05, 0) is 57.4 Å². The predicted molar refractivity (Wildman–Crippen MR) is 137 cm³/mol. The molecule has 0 aliphatic rings. The summed E-state index contributed by atoms with van der Waals surface area (Å²) < 4.78 is 52.8. The molecule has 0 heterocycles. The van der Waals surface area contributed by atoms with Crippen LogP contribution in [0.1, 0.15) is 43.9 Å². The Morgan fingerprint density at radius 3 is 2.14 bits per heavy atom. The third-order valence-corrected chi connectivity index (χ3v) is 7.89. The third-order valence-electron chi connectivity index (χ3n) is 5.96. The minimum absolute atomic E-state index is 0.108. The zero-order chi connectivity index (χ0) is 28.6. The molecule has 10 nitrogen and oxygen atoms in total. The summed E-state index contributed by atoms with van der Waals surface area (Å²) in [4.78, 5) is 39.9. The van der Waals surface area contributed by atoms with Gasteiger partial charge in [0.2, 0.25) is 0 Å². The molecule has 0 fully saturated rings. The monoisotopic (exact) mass is 542 g/mol. The molecule has 11 heteroatoms. The van der Waals surface area contributed by atoms with Gasteiger partial charge in [-0.3, -0.25) is 14.4 Å². The molecule has 0 saturated carbocycles. The molecule has 1 aromatic carbocycles. The first-order valence-corrected chi connectivity index (χ1v) is 13.5. The second-order valence-corrected chi connectivity index (χ2v) is 11.0. The third kappa shape index (κ3) is 7.24. The zero-order valence-electron chi connectivity index (χ0n) is 22.8. The van der Waals surface area contributed by atoms with E-state index in [9.17, 15) is 22.8 Å². The number of sulfone groups is 1. The van der Waals surface area contributed by atoms with Crippen LogP contribution in [0, 0.1) is 19.3 Å². The second-order valence-electron chi connectivity index (χ2n) is 8.79. The fourth-order valence-electron chi connectivity index (χ4n) is 4.06. The Hall–Kier alpha value is -3.08. The van der Waals surface area contributed by atoms with Crippen molar-refractivity contribution in [1.29, 1.82) is 0 Å². The number of benzene rings is 1. The molecule has 0 amide bonds. The summed E-state index contributed by atoms with van der Waals surface area (Å²) in [5.41, 5.74) is -0.425. The number of rotatable bonds is 14. The van der Waals surface area contributed by atoms with Crippen molar-refractivity contribution in [3.05, 3.63) is 35.4 Å². The van der Waals surface area contributed by atoms with Gasteiger partial charge < -0.3 is 23.7 Å². The lowest BCUT2D eigenvalue weighted by Gasteiger charge is -2.33. The largest absolute Gasteiger partial charge is 0.496 e. The Morgan fingerprint density at radius 1 is 1.05 bits per heavy atom. The molecule has 0 aliphatic heterocycles. The Labute approximate surface area is 219 Å². The molecule has 1 rings (SSSR count). The topological polar surface area (TPSA) is 132 Å². The highest BCUT2D eigenvalue weighted by molar-refractivity contribution is 7.92. The van der Waals surface area contributed by atoms with Gasteiger partial charge in [-0.1, -0.05) is 6.08 Å². The number of esters is 3. The maximum atomic E-state index is 13.6. The van der Waals surface area contributed by atoms with E-state index < -0.39 is 63.1 Å². The summed E-state index contributed by atoms with van der Waals surface area (Å²) in [6.07, 6.45) is -0.715. The van der Waals surface area contributed by atoms with Crippen LogP contribution >= 0.6 is 0 Å². The van der Waals surface area contributed by atoms with E-state index in [1.54, 1.807) is 26.8 Å². The molecule has 0 radical (unpaired) electrons. The Morgan fingerprint density at radius 2 is 1.68 bits per heavy atom. The fraction of sp³-hybridized carbons (Fsp3) is 0.577. The number of hydrogen-bond acceptors (Lipinski definition) is 10. The molecule has 0 bridgehead atoms. The normalized spacial score (nSPS) is 13.8. The average Bonchev–Trinajstić information content (AvgIpc) is 2.82. The van der Waals surface area contributed by atoms with Crippen LogP contribution in [0.2, 0.25) is 0 Å². The van der Waals surface area contributed by atoms with E-state index in [1.807, 2.05) is 6.92 Å². The van der Waals surface area contributed by atoms with Crippen molar-refractivity contribution >= 4 is 27.7 Å². The van der Waals surface area contributed by atoms with Gasteiger partial charge in [-0.15, -0.1) is 6.58 Å². The van der Waals surface area contributed by atoms with Crippen LogP contribution in [0.3, 0.4) is 0 Å². The van der Waals surface area contributed by atoms with Crippen LogP contribution in [-0.2, 0) is 44.9 Å². The highest BCUT2D eigenvalue weighted by Gasteiger charge is 2.54. The number of carbonyl (C=O) groups excluding carboxylic acids is 3. The van der Waals surface area contributed by atoms with E-state index in [2.05, 4.69) is 6.58 Å². The summed E-state index contributed by atoms with van der Waals surface area (Å²) in [7, 11) is -0.265. The summed E-state index contributed by atoms with van der Waals surface area (Å²) in [6, 6.07) is 1.60. The Balaban J connectivity index is 4.00. The Bertz CT molecular complexity index is 1110. The van der Waals surface area contributed by atoms with Crippen LogP contribution in [0.4, 0.5) is 0 Å². The maximum Gasteiger partial charge on any atom is 0.324 e. The average molecular weight is 543 g/mol. The van der Waals surface area contributed by atoms with Crippen molar-refractivity contribution in [2.24, 2.45) is 5.41 Å². The predicted octanol–water partition coefficient (Wildman–Crippen LogP) is 2.90. The molecule has 2 atom stereocenters. The van der Waals surface area contributed by atoms with Gasteiger partial charge in [-0.25, -0.2) is 8.42 Å². The van der Waals surface area contributed by atoms with Crippen molar-refractivity contribution < 1.29 is 46.5 Å². The molecule has 0 aromatic heterocycles. The molecule has 0 aliphatic carbocycles. The van der Waals surface area contributed by atoms with Gasteiger partial charge in [-0.2, -0.15) is 0 Å². The summed E-state index contributed by atoms with van der Waals surface area (Å²) in [5, 5.41) is -1.87. The maximum absolute atomic E-state index is 13.6. The van der Waals surface area contributed by atoms with Gasteiger partial charge >= 0.3 is 17.9 Å². The summed E-state index contributed by atoms with van der Waals surface area (Å²) in [6.45, 7) is 11.6. The lowest BCUT2D eigenvalue weighted by Crippen LogP contribution is -2.50. The van der Waals surface area contributed by atoms with Crippen LogP contribution in [0.15, 0.2) is 18.7 Å². The van der Waals surface area contributed by atoms with Crippen molar-refractivity contribution in [3.63, 3.8) is 0 Å². The second kappa shape index (κ2) is 13.5. The number of methoxy groups -OCH3 is 3. The fourth-order valence-corrected chi connectivity index (χ4v) is 5.52. The van der Waals surface area contributed by atoms with E-state index >= 15 is 0 Å². The van der Waals surface area contributed by atoms with E-state index in [0.29, 0.717) is 22.6 Å². The first-order chi connectivity index (χ1) is 17.3. The van der Waals surface area contributed by atoms with Gasteiger partial charge in [0.1, 0.15) is 11.5 Å². The summed E-state index contributed by atoms with van der Waals surface area (Å²) in [5.74, 6) is -2.96. The lowest BCUT2D eigenvalue weighted by atomic mass is 9.76. The first-order valence-electron chi connectivity index (χ1n) is 11.8. The summed E-state index contributed by atoms with van der Waals surface area (Å²) >= 11 is 0. The minimum Gasteiger partial charge on any atom is -0.496 e. The number of hydrogen-bond donors (Lipinski definition) is 0. The van der Waals surface area contributed by atoms with Crippen molar-refractivity contribution in [1.82, 2.24) is 0 Å². The highest BCUT2D eigenvalue weighted by atomic mass is 32.2. The van der Waals surface area contributed by atoms with Crippen molar-refractivity contribution in [3.8, 4) is 11.5 Å². The van der Waals surface area contributed by atoms with Crippen LogP contribution in [0.5, 0.6) is 11.5 Å². The van der Waals surface area contributed by atoms with E-state index in [0.717, 1.165) is 18.7 Å². The Kier molecular flexibility index (Phi) is 11.6. The highest BCUT2D eigenvalue weighted by Crippen LogP contribution is 2.41. The number of carbonyl (C=O) groups is 3. The van der Waals surface area contributed by atoms with Gasteiger partial charge in [0, 0.05) is 12.8 Å². The molecule has 37 heavy (non-hydrogen) atoms. The zero-order valence-corrected chi connectivity index (χ0v) is 23.7. The van der Waals surface area contributed by atoms with Crippen molar-refractivity contribution in [2.45, 2.75) is 58.8 Å². The van der Waals surface area contributed by atoms with Crippen LogP contribution < -0.4 is 9.47 Å². The van der Waals surface area contributed by atoms with E-state index in [-0.39, 0.29) is 6.61 Å². The smallest absolute Gasteiger partial charge is 0.324 e. The molecule has 1 aromatic rings. The molecule has 2 unspecified atom stereocenters. The van der Waals surface area contributed by atoms with Crippen molar-refractivity contribution in [2.75, 3.05) is 33.7 Å². The van der Waals surface area contributed by atoms with E-state index in [4.69, 9.17) is 23.7 Å². The molecular weight excluding hydrogens is 504 g/mol. The molecule has 0 N–H and O–H groups in total. The molecule has 0 spiro atoms. The van der Waals surface area contributed by atoms with Crippen LogP contribution in [0.25, 0.3) is 0 Å². The molecule has 208 valence electrons. The first kappa shape index (κ1) is 31.9. The van der Waals surface area contributed by atoms with E-state index in [1.165, 1.54) is 21.1 Å². The van der Waals surface area contributed by atoms with Gasteiger partial charge in [0.05, 0.1) is 39.8 Å². The lowest BCUT2D eigenvalue weighted by molar-refractivity contribution is -0.174. The molecule has 0 saturated heterocycles. The quantitative estimate of drug-likeness (QED) is 0.150. The standard InChI is InChI=1S/C26H38O10S/c1-10-12-37(30,31)21(23(27)35-11-2)15-26(24(28)34-9,25(29)36-16(3)4)14-19-13-20(32-7)17(5)18(6)22(19)33-8/h10,13,16,21H,1,11-12,14-15H2,2-9H3. The minimum atomic E-state index is -4.23. The molecular formula is C26H38O10S.